The Balaban J connectivity index is 2.42. The van der Waals surface area contributed by atoms with Crippen molar-refractivity contribution in [3.63, 3.8) is 0 Å². The summed E-state index contributed by atoms with van der Waals surface area (Å²) in [7, 11) is 0. The van der Waals surface area contributed by atoms with Gasteiger partial charge in [-0.25, -0.2) is 0 Å². The minimum absolute atomic E-state index is 0.122. The molecule has 4 nitrogen and oxygen atoms in total. The Morgan fingerprint density at radius 2 is 2.12 bits per heavy atom. The van der Waals surface area contributed by atoms with Gasteiger partial charge in [-0.15, -0.1) is 0 Å². The van der Waals surface area contributed by atoms with E-state index in [1.165, 1.54) is 12.5 Å². The Morgan fingerprint density at radius 3 is 2.71 bits per heavy atom. The van der Waals surface area contributed by atoms with Crippen LogP contribution in [0.3, 0.4) is 0 Å². The molecule has 0 bridgehead atoms. The fourth-order valence-corrected chi connectivity index (χ4v) is 2.67. The number of ether oxygens (including phenoxy) is 2. The molecular weight excluding hydrogens is 302 g/mol. The van der Waals surface area contributed by atoms with Crippen molar-refractivity contribution in [2.75, 3.05) is 0 Å². The van der Waals surface area contributed by atoms with Gasteiger partial charge in [0.2, 0.25) is 0 Å². The lowest BCUT2D eigenvalue weighted by atomic mass is 9.97. The molecule has 0 aromatic heterocycles. The zero-order valence-corrected chi connectivity index (χ0v) is 15.4. The van der Waals surface area contributed by atoms with Crippen LogP contribution in [0.4, 0.5) is 0 Å². The van der Waals surface area contributed by atoms with Gasteiger partial charge in [0.1, 0.15) is 6.10 Å². The van der Waals surface area contributed by atoms with Crippen LogP contribution in [-0.4, -0.2) is 30.3 Å². The molecule has 0 radical (unpaired) electrons. The fraction of sp³-hybridized carbons (Fsp3) is 0.550. The van der Waals surface area contributed by atoms with E-state index in [9.17, 15) is 4.79 Å². The minimum atomic E-state index is -0.285. The molecule has 4 heteroatoms. The van der Waals surface area contributed by atoms with Gasteiger partial charge in [0.05, 0.1) is 18.2 Å². The van der Waals surface area contributed by atoms with Crippen molar-refractivity contribution in [1.29, 1.82) is 0 Å². The molecule has 1 N–H and O–H groups in total. The van der Waals surface area contributed by atoms with Crippen molar-refractivity contribution in [3.8, 4) is 0 Å². The number of allylic oxidation sites excluding steroid dienone is 3. The molecule has 0 spiro atoms. The summed E-state index contributed by atoms with van der Waals surface area (Å²) < 4.78 is 11.1. The van der Waals surface area contributed by atoms with Crippen molar-refractivity contribution >= 4 is 5.97 Å². The first-order valence-corrected chi connectivity index (χ1v) is 8.57. The van der Waals surface area contributed by atoms with E-state index in [1.54, 1.807) is 0 Å². The predicted molar refractivity (Wildman–Crippen MR) is 98.6 cm³/mol. The van der Waals surface area contributed by atoms with Gasteiger partial charge in [0.15, 0.2) is 0 Å². The topological polar surface area (TPSA) is 47.6 Å². The van der Waals surface area contributed by atoms with Gasteiger partial charge in [-0.05, 0) is 52.2 Å². The maximum atomic E-state index is 10.9. The smallest absolute Gasteiger partial charge is 0.303 e. The van der Waals surface area contributed by atoms with Gasteiger partial charge in [-0.1, -0.05) is 30.9 Å². The average Bonchev–Trinajstić information content (AvgIpc) is 2.52. The first-order valence-electron chi connectivity index (χ1n) is 8.57. The van der Waals surface area contributed by atoms with Crippen LogP contribution < -0.4 is 5.32 Å². The van der Waals surface area contributed by atoms with Gasteiger partial charge in [-0.2, -0.15) is 0 Å². The van der Waals surface area contributed by atoms with Crippen LogP contribution in [0.1, 0.15) is 47.0 Å². The van der Waals surface area contributed by atoms with Gasteiger partial charge in [0, 0.05) is 12.6 Å². The predicted octanol–water partition coefficient (Wildman–Crippen LogP) is 4.06. The second-order valence-corrected chi connectivity index (χ2v) is 6.38. The van der Waals surface area contributed by atoms with E-state index >= 15 is 0 Å². The first-order chi connectivity index (χ1) is 11.3. The van der Waals surface area contributed by atoms with Gasteiger partial charge >= 0.3 is 5.97 Å². The van der Waals surface area contributed by atoms with Gasteiger partial charge in [0.25, 0.3) is 0 Å². The van der Waals surface area contributed by atoms with E-state index in [0.717, 1.165) is 25.0 Å². The van der Waals surface area contributed by atoms with Crippen LogP contribution in [0.25, 0.3) is 0 Å². The van der Waals surface area contributed by atoms with Crippen molar-refractivity contribution in [1.82, 2.24) is 5.32 Å². The number of carbonyl (C=O) groups excluding carboxylic acids is 1. The molecule has 0 aromatic carbocycles. The van der Waals surface area contributed by atoms with Crippen LogP contribution in [0.2, 0.25) is 0 Å². The Bertz CT molecular complexity index is 507. The molecule has 1 rings (SSSR count). The molecule has 0 unspecified atom stereocenters. The van der Waals surface area contributed by atoms with Gasteiger partial charge in [-0.3, -0.25) is 4.79 Å². The second kappa shape index (κ2) is 10.1. The highest BCUT2D eigenvalue weighted by atomic mass is 16.5. The number of esters is 1. The lowest BCUT2D eigenvalue weighted by molar-refractivity contribution is -0.143. The van der Waals surface area contributed by atoms with E-state index in [0.29, 0.717) is 0 Å². The van der Waals surface area contributed by atoms with Crippen LogP contribution in [0, 0.1) is 0 Å². The number of rotatable bonds is 8. The normalized spacial score (nSPS) is 26.0. The molecule has 0 amide bonds. The Labute approximate surface area is 146 Å². The van der Waals surface area contributed by atoms with Crippen LogP contribution in [-0.2, 0) is 14.3 Å². The molecule has 1 heterocycles. The highest BCUT2D eigenvalue weighted by molar-refractivity contribution is 5.66. The Morgan fingerprint density at radius 1 is 1.42 bits per heavy atom. The average molecular weight is 333 g/mol. The molecule has 0 aromatic rings. The summed E-state index contributed by atoms with van der Waals surface area (Å²) in [6.45, 7) is 15.1. The van der Waals surface area contributed by atoms with Crippen LogP contribution in [0.15, 0.2) is 48.7 Å². The van der Waals surface area contributed by atoms with Crippen LogP contribution in [0.5, 0.6) is 0 Å². The van der Waals surface area contributed by atoms with Crippen molar-refractivity contribution in [2.24, 2.45) is 0 Å². The lowest BCUT2D eigenvalue weighted by Crippen LogP contribution is -2.45. The highest BCUT2D eigenvalue weighted by Crippen LogP contribution is 2.23. The van der Waals surface area contributed by atoms with Crippen LogP contribution >= 0.6 is 0 Å². The summed E-state index contributed by atoms with van der Waals surface area (Å²) in [4.78, 5) is 10.9. The number of hydrogen-bond acceptors (Lipinski definition) is 4. The van der Waals surface area contributed by atoms with E-state index in [1.807, 2.05) is 25.2 Å². The molecule has 1 fully saturated rings. The maximum Gasteiger partial charge on any atom is 0.303 e. The molecule has 4 atom stereocenters. The molecule has 1 aliphatic heterocycles. The summed E-state index contributed by atoms with van der Waals surface area (Å²) in [5, 5.41) is 3.40. The van der Waals surface area contributed by atoms with E-state index in [4.69, 9.17) is 9.47 Å². The summed E-state index contributed by atoms with van der Waals surface area (Å²) in [5.41, 5.74) is 1.99. The lowest BCUT2D eigenvalue weighted by Gasteiger charge is -2.35. The number of carbonyl (C=O) groups is 1. The Hall–Kier alpha value is -1.81. The van der Waals surface area contributed by atoms with Crippen molar-refractivity contribution < 1.29 is 14.3 Å². The Kier molecular flexibility index (Phi) is 8.55. The third kappa shape index (κ3) is 7.64. The fourth-order valence-electron chi connectivity index (χ4n) is 2.67. The van der Waals surface area contributed by atoms with E-state index in [-0.39, 0.29) is 30.3 Å². The van der Waals surface area contributed by atoms with E-state index < -0.39 is 0 Å². The zero-order chi connectivity index (χ0) is 18.1. The largest absolute Gasteiger partial charge is 0.459 e. The molecule has 134 valence electrons. The second-order valence-electron chi connectivity index (χ2n) is 6.38. The van der Waals surface area contributed by atoms with E-state index in [2.05, 4.69) is 38.4 Å². The molecule has 1 aliphatic rings. The quantitative estimate of drug-likeness (QED) is 0.537. The molecule has 0 saturated carbocycles. The molecule has 1 saturated heterocycles. The SMILES string of the molecule is C=C/C(C)=C/C[C@H]1CC[C@@H](NC(=C)/C=C\[C@H](C)OC(C)=O)[C@@H](C)O1. The number of nitrogens with one attached hydrogen (secondary N) is 1. The van der Waals surface area contributed by atoms with Crippen molar-refractivity contribution in [2.45, 2.75) is 71.3 Å². The third-order valence-electron chi connectivity index (χ3n) is 4.09. The minimum Gasteiger partial charge on any atom is -0.459 e. The third-order valence-corrected chi connectivity index (χ3v) is 4.09. The molecule has 0 aliphatic carbocycles. The number of hydrogen-bond donors (Lipinski definition) is 1. The summed E-state index contributed by atoms with van der Waals surface area (Å²) >= 11 is 0. The molecular formula is C20H31NO3. The first kappa shape index (κ1) is 20.2. The molecule has 24 heavy (non-hydrogen) atoms. The zero-order valence-electron chi connectivity index (χ0n) is 15.4. The van der Waals surface area contributed by atoms with Gasteiger partial charge < -0.3 is 14.8 Å². The standard InChI is InChI=1S/C20H31NO3/c1-7-14(2)8-11-19-12-13-20(17(5)24-19)21-15(3)9-10-16(4)23-18(6)22/h7-10,16-17,19-21H,1,3,11-13H2,2,4-6H3/b10-9-,14-8+/t16-,17+,19-,20+/m0/s1. The summed E-state index contributed by atoms with van der Waals surface area (Å²) in [6, 6.07) is 0.243. The summed E-state index contributed by atoms with van der Waals surface area (Å²) in [6.07, 6.45) is 10.8. The maximum absolute atomic E-state index is 10.9. The van der Waals surface area contributed by atoms with Crippen molar-refractivity contribution in [3.05, 3.63) is 48.7 Å². The summed E-state index contributed by atoms with van der Waals surface area (Å²) in [5.74, 6) is -0.285. The highest BCUT2D eigenvalue weighted by Gasteiger charge is 2.27. The monoisotopic (exact) mass is 333 g/mol.